The molecule has 0 bridgehead atoms. The Morgan fingerprint density at radius 1 is 0.848 bits per heavy atom. The zero-order valence-corrected chi connectivity index (χ0v) is 20.0. The first-order chi connectivity index (χ1) is 15.9. The summed E-state index contributed by atoms with van der Waals surface area (Å²) in [4.78, 5) is 28.6. The third-order valence-electron chi connectivity index (χ3n) is 5.41. The number of hydrogen-bond acceptors (Lipinski definition) is 2. The van der Waals surface area contributed by atoms with Gasteiger partial charge in [0.15, 0.2) is 0 Å². The number of nitrogens with one attached hydrogen (secondary N) is 1. The van der Waals surface area contributed by atoms with E-state index in [1.54, 1.807) is 11.0 Å². The standard InChI is InChI=1S/C28H31ClN2O2/c1-21(2)30-28(33)26(19-23-12-7-4-8-13-23)31(20-24-14-9-15-25(29)18-24)27(32)17-16-22-10-5-3-6-11-22/h3-15,18,21,26H,16-17,19-20H2,1-2H3,(H,30,33)/t26-/m1/s1. The van der Waals surface area contributed by atoms with E-state index in [-0.39, 0.29) is 17.9 Å². The maximum atomic E-state index is 13.5. The van der Waals surface area contributed by atoms with Gasteiger partial charge < -0.3 is 10.2 Å². The Morgan fingerprint density at radius 2 is 1.45 bits per heavy atom. The Bertz CT molecular complexity index is 1040. The van der Waals surface area contributed by atoms with Crippen molar-refractivity contribution in [1.29, 1.82) is 0 Å². The summed E-state index contributed by atoms with van der Waals surface area (Å²) in [5.74, 6) is -0.206. The van der Waals surface area contributed by atoms with E-state index in [9.17, 15) is 9.59 Å². The van der Waals surface area contributed by atoms with Crippen LogP contribution in [-0.4, -0.2) is 28.8 Å². The molecule has 0 saturated carbocycles. The monoisotopic (exact) mass is 462 g/mol. The molecule has 0 radical (unpaired) electrons. The van der Waals surface area contributed by atoms with Gasteiger partial charge in [-0.25, -0.2) is 0 Å². The summed E-state index contributed by atoms with van der Waals surface area (Å²) in [6.07, 6.45) is 1.39. The topological polar surface area (TPSA) is 49.4 Å². The van der Waals surface area contributed by atoms with Gasteiger partial charge in [0.2, 0.25) is 11.8 Å². The summed E-state index contributed by atoms with van der Waals surface area (Å²) >= 11 is 6.21. The van der Waals surface area contributed by atoms with Crippen LogP contribution in [0.25, 0.3) is 0 Å². The summed E-state index contributed by atoms with van der Waals surface area (Å²) in [6, 6.07) is 26.6. The second-order valence-electron chi connectivity index (χ2n) is 8.51. The molecule has 0 unspecified atom stereocenters. The molecule has 33 heavy (non-hydrogen) atoms. The first-order valence-electron chi connectivity index (χ1n) is 11.3. The molecule has 0 aromatic heterocycles. The minimum absolute atomic E-state index is 0.0248. The molecule has 1 N–H and O–H groups in total. The van der Waals surface area contributed by atoms with Crippen LogP contribution >= 0.6 is 11.6 Å². The van der Waals surface area contributed by atoms with Crippen molar-refractivity contribution in [2.24, 2.45) is 0 Å². The van der Waals surface area contributed by atoms with E-state index in [1.165, 1.54) is 0 Å². The van der Waals surface area contributed by atoms with Crippen LogP contribution in [0, 0.1) is 0 Å². The molecule has 0 heterocycles. The number of amides is 2. The third kappa shape index (κ3) is 7.76. The second-order valence-corrected chi connectivity index (χ2v) is 8.94. The Morgan fingerprint density at radius 3 is 2.06 bits per heavy atom. The van der Waals surface area contributed by atoms with Gasteiger partial charge in [-0.15, -0.1) is 0 Å². The predicted molar refractivity (Wildman–Crippen MR) is 134 cm³/mol. The maximum Gasteiger partial charge on any atom is 0.243 e. The Labute approximate surface area is 201 Å². The van der Waals surface area contributed by atoms with E-state index in [1.807, 2.05) is 92.7 Å². The van der Waals surface area contributed by atoms with Gasteiger partial charge in [-0.3, -0.25) is 9.59 Å². The van der Waals surface area contributed by atoms with E-state index in [0.717, 1.165) is 16.7 Å². The smallest absolute Gasteiger partial charge is 0.243 e. The van der Waals surface area contributed by atoms with E-state index in [4.69, 9.17) is 11.6 Å². The average Bonchev–Trinajstić information content (AvgIpc) is 2.80. The molecule has 2 amide bonds. The van der Waals surface area contributed by atoms with Crippen molar-refractivity contribution >= 4 is 23.4 Å². The van der Waals surface area contributed by atoms with E-state index >= 15 is 0 Å². The van der Waals surface area contributed by atoms with Crippen LogP contribution in [-0.2, 0) is 29.0 Å². The number of carbonyl (C=O) groups is 2. The van der Waals surface area contributed by atoms with Gasteiger partial charge in [0.25, 0.3) is 0 Å². The number of halogens is 1. The number of hydrogen-bond donors (Lipinski definition) is 1. The molecule has 3 aromatic carbocycles. The average molecular weight is 463 g/mol. The lowest BCUT2D eigenvalue weighted by Gasteiger charge is -2.32. The van der Waals surface area contributed by atoms with Crippen molar-refractivity contribution in [2.45, 2.75) is 51.7 Å². The zero-order chi connectivity index (χ0) is 23.6. The Balaban J connectivity index is 1.90. The quantitative estimate of drug-likeness (QED) is 0.436. The molecule has 172 valence electrons. The van der Waals surface area contributed by atoms with Gasteiger partial charge in [0.1, 0.15) is 6.04 Å². The fourth-order valence-electron chi connectivity index (χ4n) is 3.81. The summed E-state index contributed by atoms with van der Waals surface area (Å²) in [5.41, 5.74) is 3.00. The molecule has 4 nitrogen and oxygen atoms in total. The van der Waals surface area contributed by atoms with E-state index < -0.39 is 6.04 Å². The first-order valence-corrected chi connectivity index (χ1v) is 11.7. The fourth-order valence-corrected chi connectivity index (χ4v) is 4.02. The fraction of sp³-hybridized carbons (Fsp3) is 0.286. The van der Waals surface area contributed by atoms with Gasteiger partial charge >= 0.3 is 0 Å². The van der Waals surface area contributed by atoms with Crippen molar-refractivity contribution in [2.75, 3.05) is 0 Å². The molecule has 0 aliphatic carbocycles. The SMILES string of the molecule is CC(C)NC(=O)[C@@H](Cc1ccccc1)N(Cc1cccc(Cl)c1)C(=O)CCc1ccccc1. The number of aryl methyl sites for hydroxylation is 1. The van der Waals surface area contributed by atoms with Gasteiger partial charge in [0, 0.05) is 30.5 Å². The molecule has 0 spiro atoms. The number of nitrogens with zero attached hydrogens (tertiary/aromatic N) is 1. The van der Waals surface area contributed by atoms with Crippen molar-refractivity contribution < 1.29 is 9.59 Å². The van der Waals surface area contributed by atoms with Crippen LogP contribution in [0.4, 0.5) is 0 Å². The van der Waals surface area contributed by atoms with Crippen LogP contribution in [0.15, 0.2) is 84.9 Å². The summed E-state index contributed by atoms with van der Waals surface area (Å²) < 4.78 is 0. The highest BCUT2D eigenvalue weighted by Gasteiger charge is 2.30. The van der Waals surface area contributed by atoms with E-state index in [2.05, 4.69) is 5.32 Å². The van der Waals surface area contributed by atoms with Crippen molar-refractivity contribution in [1.82, 2.24) is 10.2 Å². The minimum Gasteiger partial charge on any atom is -0.352 e. The largest absolute Gasteiger partial charge is 0.352 e. The predicted octanol–water partition coefficient (Wildman–Crippen LogP) is 5.44. The molecule has 0 fully saturated rings. The molecular formula is C28H31ClN2O2. The lowest BCUT2D eigenvalue weighted by atomic mass is 10.0. The molecule has 1 atom stereocenters. The zero-order valence-electron chi connectivity index (χ0n) is 19.2. The van der Waals surface area contributed by atoms with Crippen LogP contribution in [0.3, 0.4) is 0 Å². The summed E-state index contributed by atoms with van der Waals surface area (Å²) in [6.45, 7) is 4.17. The summed E-state index contributed by atoms with van der Waals surface area (Å²) in [7, 11) is 0. The van der Waals surface area contributed by atoms with Crippen LogP contribution < -0.4 is 5.32 Å². The summed E-state index contributed by atoms with van der Waals surface area (Å²) in [5, 5.41) is 3.62. The van der Waals surface area contributed by atoms with E-state index in [0.29, 0.717) is 30.8 Å². The molecule has 0 aliphatic rings. The van der Waals surface area contributed by atoms with Crippen LogP contribution in [0.1, 0.15) is 37.0 Å². The van der Waals surface area contributed by atoms with Crippen molar-refractivity contribution in [3.05, 3.63) is 107 Å². The normalized spacial score (nSPS) is 11.8. The van der Waals surface area contributed by atoms with Crippen molar-refractivity contribution in [3.8, 4) is 0 Å². The Hall–Kier alpha value is -3.11. The number of benzene rings is 3. The molecule has 0 aliphatic heterocycles. The van der Waals surface area contributed by atoms with Gasteiger partial charge in [0.05, 0.1) is 0 Å². The molecule has 3 rings (SSSR count). The number of carbonyl (C=O) groups excluding carboxylic acids is 2. The highest BCUT2D eigenvalue weighted by Crippen LogP contribution is 2.19. The molecule has 3 aromatic rings. The lowest BCUT2D eigenvalue weighted by Crippen LogP contribution is -2.51. The minimum atomic E-state index is -0.628. The first kappa shape index (κ1) is 24.5. The maximum absolute atomic E-state index is 13.5. The molecule has 0 saturated heterocycles. The molecule has 5 heteroatoms. The van der Waals surface area contributed by atoms with Gasteiger partial charge in [-0.05, 0) is 49.1 Å². The molecular weight excluding hydrogens is 432 g/mol. The lowest BCUT2D eigenvalue weighted by molar-refractivity contribution is -0.141. The van der Waals surface area contributed by atoms with Gasteiger partial charge in [-0.2, -0.15) is 0 Å². The third-order valence-corrected chi connectivity index (χ3v) is 5.65. The Kier molecular flexibility index (Phi) is 9.08. The van der Waals surface area contributed by atoms with Crippen molar-refractivity contribution in [3.63, 3.8) is 0 Å². The van der Waals surface area contributed by atoms with Crippen LogP contribution in [0.2, 0.25) is 5.02 Å². The highest BCUT2D eigenvalue weighted by atomic mass is 35.5. The highest BCUT2D eigenvalue weighted by molar-refractivity contribution is 6.30. The van der Waals surface area contributed by atoms with Crippen LogP contribution in [0.5, 0.6) is 0 Å². The number of rotatable bonds is 10. The second kappa shape index (κ2) is 12.2. The van der Waals surface area contributed by atoms with Gasteiger partial charge in [-0.1, -0.05) is 84.4 Å².